The number of amides is 1. The van der Waals surface area contributed by atoms with Gasteiger partial charge in [0.15, 0.2) is 0 Å². The van der Waals surface area contributed by atoms with Crippen molar-refractivity contribution in [3.05, 3.63) is 52.8 Å². The molecular weight excluding hydrogens is 262 g/mol. The molecule has 0 saturated carbocycles. The molecule has 1 amide bonds. The van der Waals surface area contributed by atoms with Gasteiger partial charge in [0.05, 0.1) is 5.69 Å². The first-order chi connectivity index (χ1) is 10.1. The highest BCUT2D eigenvalue weighted by atomic mass is 16.2. The molecule has 1 atom stereocenters. The van der Waals surface area contributed by atoms with Crippen molar-refractivity contribution in [1.82, 2.24) is 15.1 Å². The largest absolute Gasteiger partial charge is 0.348 e. The predicted molar refractivity (Wildman–Crippen MR) is 82.3 cm³/mol. The number of fused-ring (bicyclic) bond motifs is 1. The van der Waals surface area contributed by atoms with Gasteiger partial charge < -0.3 is 5.32 Å². The summed E-state index contributed by atoms with van der Waals surface area (Å²) >= 11 is 0. The summed E-state index contributed by atoms with van der Waals surface area (Å²) in [5.74, 6) is -0.0255. The summed E-state index contributed by atoms with van der Waals surface area (Å²) in [6.45, 7) is 1.90. The zero-order valence-electron chi connectivity index (χ0n) is 12.6. The average molecular weight is 283 g/mol. The van der Waals surface area contributed by atoms with Crippen molar-refractivity contribution in [3.63, 3.8) is 0 Å². The van der Waals surface area contributed by atoms with Gasteiger partial charge in [0.25, 0.3) is 5.91 Å². The Labute approximate surface area is 125 Å². The lowest BCUT2D eigenvalue weighted by atomic mass is 10.0. The van der Waals surface area contributed by atoms with Crippen LogP contribution in [0.15, 0.2) is 30.3 Å². The van der Waals surface area contributed by atoms with Crippen LogP contribution in [-0.4, -0.2) is 21.7 Å². The number of hydrogen-bond donors (Lipinski definition) is 1. The van der Waals surface area contributed by atoms with E-state index >= 15 is 0 Å². The molecule has 1 aliphatic rings. The highest BCUT2D eigenvalue weighted by molar-refractivity contribution is 5.92. The summed E-state index contributed by atoms with van der Waals surface area (Å²) in [6, 6.07) is 10.6. The Kier molecular flexibility index (Phi) is 3.78. The highest BCUT2D eigenvalue weighted by Crippen LogP contribution is 2.20. The molecular formula is C17H21N3O. The van der Waals surface area contributed by atoms with Crippen LogP contribution in [0.5, 0.6) is 0 Å². The van der Waals surface area contributed by atoms with Crippen molar-refractivity contribution in [1.29, 1.82) is 0 Å². The van der Waals surface area contributed by atoms with Crippen LogP contribution in [0, 0.1) is 6.92 Å². The molecule has 110 valence electrons. The molecule has 4 nitrogen and oxygen atoms in total. The Morgan fingerprint density at radius 2 is 2.10 bits per heavy atom. The minimum atomic E-state index is -0.0255. The number of carbonyl (C=O) groups excluding carboxylic acids is 1. The van der Waals surface area contributed by atoms with Crippen LogP contribution in [-0.2, 0) is 19.9 Å². The Hall–Kier alpha value is -2.10. The normalized spacial score (nSPS) is 17.9. The molecule has 1 heterocycles. The molecule has 1 aromatic heterocycles. The fraction of sp³-hybridized carbons (Fsp3) is 0.412. The van der Waals surface area contributed by atoms with Crippen LogP contribution in [0.3, 0.4) is 0 Å². The molecule has 1 unspecified atom stereocenters. The second-order valence-electron chi connectivity index (χ2n) is 5.83. The van der Waals surface area contributed by atoms with Crippen molar-refractivity contribution in [2.45, 2.75) is 38.6 Å². The third-order valence-electron chi connectivity index (χ3n) is 4.15. The van der Waals surface area contributed by atoms with Crippen LogP contribution < -0.4 is 5.32 Å². The van der Waals surface area contributed by atoms with Crippen LogP contribution in [0.1, 0.15) is 40.2 Å². The number of hydrogen-bond acceptors (Lipinski definition) is 2. The molecule has 3 rings (SSSR count). The van der Waals surface area contributed by atoms with E-state index in [1.807, 2.05) is 20.0 Å². The summed E-state index contributed by atoms with van der Waals surface area (Å²) in [7, 11) is 1.81. The molecule has 21 heavy (non-hydrogen) atoms. The van der Waals surface area contributed by atoms with Crippen LogP contribution >= 0.6 is 0 Å². The predicted octanol–water partition coefficient (Wildman–Crippen LogP) is 2.41. The maximum atomic E-state index is 12.4. The van der Waals surface area contributed by atoms with Crippen LogP contribution in [0.4, 0.5) is 0 Å². The van der Waals surface area contributed by atoms with E-state index in [-0.39, 0.29) is 11.9 Å². The molecule has 0 fully saturated rings. The molecule has 2 aromatic rings. The van der Waals surface area contributed by atoms with E-state index in [2.05, 4.69) is 34.7 Å². The summed E-state index contributed by atoms with van der Waals surface area (Å²) in [6.07, 6.45) is 4.16. The SMILES string of the molecule is Cc1cc(C(=O)NC2CCCc3ccccc3C2)n(C)n1. The smallest absolute Gasteiger partial charge is 0.269 e. The first kappa shape index (κ1) is 13.9. The van der Waals surface area contributed by atoms with Gasteiger partial charge in [0.1, 0.15) is 5.69 Å². The van der Waals surface area contributed by atoms with Gasteiger partial charge in [-0.2, -0.15) is 5.10 Å². The molecule has 0 spiro atoms. The topological polar surface area (TPSA) is 46.9 Å². The second-order valence-corrected chi connectivity index (χ2v) is 5.83. The summed E-state index contributed by atoms with van der Waals surface area (Å²) in [4.78, 5) is 12.4. The molecule has 0 radical (unpaired) electrons. The van der Waals surface area contributed by atoms with Gasteiger partial charge in [-0.15, -0.1) is 0 Å². The summed E-state index contributed by atoms with van der Waals surface area (Å²) in [5, 5.41) is 7.41. The summed E-state index contributed by atoms with van der Waals surface area (Å²) in [5.41, 5.74) is 4.28. The van der Waals surface area contributed by atoms with Crippen molar-refractivity contribution in [3.8, 4) is 0 Å². The first-order valence-corrected chi connectivity index (χ1v) is 7.52. The summed E-state index contributed by atoms with van der Waals surface area (Å²) < 4.78 is 1.65. The van der Waals surface area contributed by atoms with E-state index in [1.165, 1.54) is 11.1 Å². The fourth-order valence-corrected chi connectivity index (χ4v) is 3.11. The number of aromatic nitrogens is 2. The number of nitrogens with zero attached hydrogens (tertiary/aromatic N) is 2. The van der Waals surface area contributed by atoms with Crippen molar-refractivity contribution in [2.75, 3.05) is 0 Å². The van der Waals surface area contributed by atoms with E-state index in [0.717, 1.165) is 31.4 Å². The Morgan fingerprint density at radius 3 is 2.81 bits per heavy atom. The third kappa shape index (κ3) is 2.99. The second kappa shape index (κ2) is 5.72. The van der Waals surface area contributed by atoms with E-state index in [0.29, 0.717) is 5.69 Å². The van der Waals surface area contributed by atoms with Gasteiger partial charge in [0, 0.05) is 13.1 Å². The molecule has 4 heteroatoms. The maximum Gasteiger partial charge on any atom is 0.269 e. The van der Waals surface area contributed by atoms with Crippen molar-refractivity contribution in [2.24, 2.45) is 7.05 Å². The molecule has 0 bridgehead atoms. The molecule has 1 aromatic carbocycles. The quantitative estimate of drug-likeness (QED) is 0.860. The van der Waals surface area contributed by atoms with E-state index in [9.17, 15) is 4.79 Å². The lowest BCUT2D eigenvalue weighted by molar-refractivity contribution is 0.0925. The Bertz CT molecular complexity index is 660. The lowest BCUT2D eigenvalue weighted by Gasteiger charge is -2.17. The number of aryl methyl sites for hydroxylation is 3. The minimum absolute atomic E-state index is 0.0255. The van der Waals surface area contributed by atoms with Gasteiger partial charge in [-0.3, -0.25) is 9.48 Å². The van der Waals surface area contributed by atoms with Crippen molar-refractivity contribution < 1.29 is 4.79 Å². The zero-order valence-corrected chi connectivity index (χ0v) is 12.6. The minimum Gasteiger partial charge on any atom is -0.348 e. The van der Waals surface area contributed by atoms with Crippen LogP contribution in [0.25, 0.3) is 0 Å². The van der Waals surface area contributed by atoms with Gasteiger partial charge in [-0.1, -0.05) is 24.3 Å². The molecule has 0 saturated heterocycles. The number of nitrogens with one attached hydrogen (secondary N) is 1. The van der Waals surface area contributed by atoms with E-state index in [1.54, 1.807) is 4.68 Å². The van der Waals surface area contributed by atoms with Crippen molar-refractivity contribution >= 4 is 5.91 Å². The van der Waals surface area contributed by atoms with Gasteiger partial charge in [0.2, 0.25) is 0 Å². The maximum absolute atomic E-state index is 12.4. The highest BCUT2D eigenvalue weighted by Gasteiger charge is 2.20. The van der Waals surface area contributed by atoms with Gasteiger partial charge in [-0.25, -0.2) is 0 Å². The standard InChI is InChI=1S/C17H21N3O/c1-12-10-16(20(2)19-12)17(21)18-15-9-5-8-13-6-3-4-7-14(13)11-15/h3-4,6-7,10,15H,5,8-9,11H2,1-2H3,(H,18,21). The third-order valence-corrected chi connectivity index (χ3v) is 4.15. The van der Waals surface area contributed by atoms with E-state index in [4.69, 9.17) is 0 Å². The Balaban J connectivity index is 1.73. The number of benzene rings is 1. The fourth-order valence-electron chi connectivity index (χ4n) is 3.11. The molecule has 0 aliphatic heterocycles. The molecule has 1 aliphatic carbocycles. The molecule has 1 N–H and O–H groups in total. The lowest BCUT2D eigenvalue weighted by Crippen LogP contribution is -2.37. The van der Waals surface area contributed by atoms with Gasteiger partial charge in [-0.05, 0) is 49.8 Å². The number of carbonyl (C=O) groups is 1. The van der Waals surface area contributed by atoms with Crippen LogP contribution in [0.2, 0.25) is 0 Å². The first-order valence-electron chi connectivity index (χ1n) is 7.52. The number of rotatable bonds is 2. The Morgan fingerprint density at radius 1 is 1.33 bits per heavy atom. The van der Waals surface area contributed by atoms with E-state index < -0.39 is 0 Å². The van der Waals surface area contributed by atoms with Gasteiger partial charge >= 0.3 is 0 Å². The average Bonchev–Trinajstić information content (AvgIpc) is 2.68. The zero-order chi connectivity index (χ0) is 14.8. The monoisotopic (exact) mass is 283 g/mol.